The van der Waals surface area contributed by atoms with Crippen molar-refractivity contribution in [3.05, 3.63) is 95.6 Å². The molecular formula is C29H33NO6S. The zero-order valence-electron chi connectivity index (χ0n) is 21.6. The molecule has 3 aromatic carbocycles. The Morgan fingerprint density at radius 1 is 0.838 bits per heavy atom. The highest BCUT2D eigenvalue weighted by molar-refractivity contribution is 7.91. The lowest BCUT2D eigenvalue weighted by Gasteiger charge is -2.27. The number of hydrogen-bond acceptors (Lipinski definition) is 6. The van der Waals surface area contributed by atoms with Crippen molar-refractivity contribution in [2.45, 2.75) is 56.1 Å². The van der Waals surface area contributed by atoms with E-state index in [1.807, 2.05) is 51.1 Å². The van der Waals surface area contributed by atoms with Crippen LogP contribution in [-0.4, -0.2) is 44.1 Å². The lowest BCUT2D eigenvalue weighted by atomic mass is 10.1. The molecule has 0 unspecified atom stereocenters. The Balaban J connectivity index is 1.74. The van der Waals surface area contributed by atoms with Crippen LogP contribution in [0.2, 0.25) is 0 Å². The predicted molar refractivity (Wildman–Crippen MR) is 141 cm³/mol. The number of amides is 1. The Morgan fingerprint density at radius 3 is 2.14 bits per heavy atom. The first kappa shape index (κ1) is 27.9. The fraction of sp³-hybridized carbons (Fsp3) is 0.310. The summed E-state index contributed by atoms with van der Waals surface area (Å²) in [5.41, 5.74) is 1.42. The van der Waals surface area contributed by atoms with Crippen LogP contribution in [0.5, 0.6) is 0 Å². The Morgan fingerprint density at radius 2 is 1.51 bits per heavy atom. The van der Waals surface area contributed by atoms with Crippen LogP contribution in [0.3, 0.4) is 0 Å². The summed E-state index contributed by atoms with van der Waals surface area (Å²) in [7, 11) is -3.82. The monoisotopic (exact) mass is 523 g/mol. The minimum absolute atomic E-state index is 0.0183. The second kappa shape index (κ2) is 12.1. The smallest absolute Gasteiger partial charge is 0.410 e. The van der Waals surface area contributed by atoms with Crippen LogP contribution in [0.15, 0.2) is 88.7 Å². The summed E-state index contributed by atoms with van der Waals surface area (Å²) < 4.78 is 36.9. The van der Waals surface area contributed by atoms with Gasteiger partial charge in [0, 0.05) is 13.1 Å². The van der Waals surface area contributed by atoms with Gasteiger partial charge < -0.3 is 14.4 Å². The average Bonchev–Trinajstić information content (AvgIpc) is 2.86. The second-order valence-corrected chi connectivity index (χ2v) is 11.5. The molecule has 0 spiro atoms. The van der Waals surface area contributed by atoms with Gasteiger partial charge in [0.15, 0.2) is 0 Å². The number of sulfone groups is 1. The number of carbonyl (C=O) groups is 2. The summed E-state index contributed by atoms with van der Waals surface area (Å²) >= 11 is 0. The van der Waals surface area contributed by atoms with Gasteiger partial charge in [-0.1, -0.05) is 48.5 Å². The number of carbonyl (C=O) groups excluding carboxylic acids is 2. The van der Waals surface area contributed by atoms with Gasteiger partial charge in [-0.05, 0) is 75.6 Å². The minimum Gasteiger partial charge on any atom is -0.462 e. The van der Waals surface area contributed by atoms with E-state index in [4.69, 9.17) is 9.47 Å². The maximum atomic E-state index is 13.1. The highest BCUT2D eigenvalue weighted by Crippen LogP contribution is 2.23. The second-order valence-electron chi connectivity index (χ2n) is 9.53. The van der Waals surface area contributed by atoms with Crippen molar-refractivity contribution < 1.29 is 27.5 Å². The number of benzene rings is 3. The van der Waals surface area contributed by atoms with Crippen molar-refractivity contribution >= 4 is 21.9 Å². The number of hydrogen-bond donors (Lipinski definition) is 0. The van der Waals surface area contributed by atoms with Gasteiger partial charge in [-0.2, -0.15) is 0 Å². The van der Waals surface area contributed by atoms with Crippen molar-refractivity contribution in [2.24, 2.45) is 0 Å². The molecule has 37 heavy (non-hydrogen) atoms. The van der Waals surface area contributed by atoms with E-state index in [0.717, 1.165) is 11.1 Å². The van der Waals surface area contributed by atoms with Crippen LogP contribution in [0, 0.1) is 0 Å². The topological polar surface area (TPSA) is 90.0 Å². The Kier molecular flexibility index (Phi) is 9.10. The first-order chi connectivity index (χ1) is 17.5. The molecule has 0 radical (unpaired) electrons. The van der Waals surface area contributed by atoms with Gasteiger partial charge in [0.1, 0.15) is 5.60 Å². The number of rotatable bonds is 9. The van der Waals surface area contributed by atoms with E-state index in [1.165, 1.54) is 36.4 Å². The van der Waals surface area contributed by atoms with Gasteiger partial charge in [-0.3, -0.25) is 0 Å². The maximum absolute atomic E-state index is 13.1. The van der Waals surface area contributed by atoms with E-state index in [-0.39, 0.29) is 22.0 Å². The highest BCUT2D eigenvalue weighted by Gasteiger charge is 2.23. The first-order valence-electron chi connectivity index (χ1n) is 12.1. The molecular weight excluding hydrogens is 490 g/mol. The van der Waals surface area contributed by atoms with Crippen LogP contribution in [0.4, 0.5) is 4.79 Å². The maximum Gasteiger partial charge on any atom is 0.410 e. The third-order valence-electron chi connectivity index (χ3n) is 5.43. The van der Waals surface area contributed by atoms with Gasteiger partial charge in [-0.15, -0.1) is 0 Å². The predicted octanol–water partition coefficient (Wildman–Crippen LogP) is 5.68. The van der Waals surface area contributed by atoms with E-state index < -0.39 is 27.5 Å². The molecule has 0 saturated heterocycles. The van der Waals surface area contributed by atoms with Crippen LogP contribution in [-0.2, 0) is 32.3 Å². The van der Waals surface area contributed by atoms with E-state index in [0.29, 0.717) is 19.5 Å². The molecule has 7 nitrogen and oxygen atoms in total. The zero-order valence-corrected chi connectivity index (χ0v) is 22.5. The first-order valence-corrected chi connectivity index (χ1v) is 13.6. The van der Waals surface area contributed by atoms with E-state index in [9.17, 15) is 18.0 Å². The van der Waals surface area contributed by atoms with E-state index in [2.05, 4.69) is 0 Å². The van der Waals surface area contributed by atoms with Gasteiger partial charge in [0.05, 0.1) is 22.0 Å². The zero-order chi connectivity index (χ0) is 27.1. The SMILES string of the molecule is CCOC(=O)c1cccc(S(=O)(=O)c2ccc(CCN(Cc3ccccc3)C(=O)OC(C)(C)C)cc2)c1. The summed E-state index contributed by atoms with van der Waals surface area (Å²) in [6.45, 7) is 8.17. The van der Waals surface area contributed by atoms with Gasteiger partial charge in [-0.25, -0.2) is 18.0 Å². The molecule has 0 atom stereocenters. The van der Waals surface area contributed by atoms with Gasteiger partial charge >= 0.3 is 12.1 Å². The van der Waals surface area contributed by atoms with Crippen LogP contribution >= 0.6 is 0 Å². The highest BCUT2D eigenvalue weighted by atomic mass is 32.2. The van der Waals surface area contributed by atoms with Gasteiger partial charge in [0.2, 0.25) is 9.84 Å². The summed E-state index contributed by atoms with van der Waals surface area (Å²) in [5.74, 6) is -0.569. The Hall–Kier alpha value is -3.65. The lowest BCUT2D eigenvalue weighted by molar-refractivity contribution is 0.0235. The van der Waals surface area contributed by atoms with Crippen LogP contribution in [0.25, 0.3) is 0 Å². The number of ether oxygens (including phenoxy) is 2. The van der Waals surface area contributed by atoms with Crippen molar-refractivity contribution in [1.82, 2.24) is 4.90 Å². The lowest BCUT2D eigenvalue weighted by Crippen LogP contribution is -2.37. The molecule has 0 aliphatic heterocycles. The molecule has 3 aromatic rings. The fourth-order valence-corrected chi connectivity index (χ4v) is 4.91. The average molecular weight is 524 g/mol. The summed E-state index contributed by atoms with van der Waals surface area (Å²) in [6.07, 6.45) is 0.113. The number of nitrogens with zero attached hydrogens (tertiary/aromatic N) is 1. The summed E-state index contributed by atoms with van der Waals surface area (Å²) in [5, 5.41) is 0. The van der Waals surface area contributed by atoms with E-state index >= 15 is 0 Å². The number of esters is 1. The molecule has 0 heterocycles. The Labute approximate surface area is 218 Å². The summed E-state index contributed by atoms with van der Waals surface area (Å²) in [6, 6.07) is 22.0. The molecule has 0 aromatic heterocycles. The molecule has 1 amide bonds. The van der Waals surface area contributed by atoms with Crippen molar-refractivity contribution in [3.8, 4) is 0 Å². The molecule has 0 fully saturated rings. The van der Waals surface area contributed by atoms with Crippen molar-refractivity contribution in [2.75, 3.05) is 13.2 Å². The molecule has 8 heteroatoms. The minimum atomic E-state index is -3.82. The summed E-state index contributed by atoms with van der Waals surface area (Å²) in [4.78, 5) is 26.6. The van der Waals surface area contributed by atoms with Crippen molar-refractivity contribution in [1.29, 1.82) is 0 Å². The molecule has 0 N–H and O–H groups in total. The largest absolute Gasteiger partial charge is 0.462 e. The normalized spacial score (nSPS) is 11.6. The van der Waals surface area contributed by atoms with Crippen molar-refractivity contribution in [3.63, 3.8) is 0 Å². The quantitative estimate of drug-likeness (QED) is 0.336. The molecule has 0 aliphatic rings. The molecule has 0 aliphatic carbocycles. The molecule has 3 rings (SSSR count). The van der Waals surface area contributed by atoms with Crippen LogP contribution in [0.1, 0.15) is 49.2 Å². The third kappa shape index (κ3) is 7.92. The van der Waals surface area contributed by atoms with E-state index in [1.54, 1.807) is 24.0 Å². The van der Waals surface area contributed by atoms with Gasteiger partial charge in [0.25, 0.3) is 0 Å². The third-order valence-corrected chi connectivity index (χ3v) is 7.19. The Bertz CT molecular complexity index is 1310. The molecule has 196 valence electrons. The molecule has 0 bridgehead atoms. The molecule has 0 saturated carbocycles. The van der Waals surface area contributed by atoms with Crippen LogP contribution < -0.4 is 0 Å². The standard InChI is InChI=1S/C29H33NO6S/c1-5-35-27(31)24-12-9-13-26(20-24)37(33,34)25-16-14-22(15-17-25)18-19-30(28(32)36-29(2,3)4)21-23-10-7-6-8-11-23/h6-17,20H,5,18-19,21H2,1-4H3. The fourth-order valence-electron chi connectivity index (χ4n) is 3.61.